The highest BCUT2D eigenvalue weighted by atomic mass is 16.5. The third kappa shape index (κ3) is 3.12. The first-order valence-corrected chi connectivity index (χ1v) is 7.11. The maximum Gasteiger partial charge on any atom is 0.354 e. The van der Waals surface area contributed by atoms with Gasteiger partial charge in [-0.05, 0) is 45.0 Å². The minimum Gasteiger partial charge on any atom is -0.461 e. The van der Waals surface area contributed by atoms with E-state index in [1.807, 2.05) is 12.1 Å². The van der Waals surface area contributed by atoms with Gasteiger partial charge in [-0.15, -0.1) is 0 Å². The number of anilines is 1. The Morgan fingerprint density at radius 1 is 1.32 bits per heavy atom. The van der Waals surface area contributed by atoms with Crippen molar-refractivity contribution in [1.82, 2.24) is 4.57 Å². The van der Waals surface area contributed by atoms with Gasteiger partial charge in [-0.25, -0.2) is 4.79 Å². The quantitative estimate of drug-likeness (QED) is 0.846. The largest absolute Gasteiger partial charge is 0.461 e. The van der Waals surface area contributed by atoms with Crippen molar-refractivity contribution in [1.29, 1.82) is 0 Å². The summed E-state index contributed by atoms with van der Waals surface area (Å²) in [6.07, 6.45) is 0. The monoisotopic (exact) mass is 303 g/mol. The zero-order valence-corrected chi connectivity index (χ0v) is 13.3. The maximum atomic E-state index is 11.9. The number of carbonyl (C=O) groups excluding carboxylic acids is 2. The standard InChI is InChI=1S/C16H21N3O3/c1-5-22-14(20)13-9-10-8-11(6-7-12(10)19(13)4)18-15(21)16(2,3)17/h6-9H,5,17H2,1-4H3,(H,18,21). The van der Waals surface area contributed by atoms with E-state index in [2.05, 4.69) is 5.32 Å². The van der Waals surface area contributed by atoms with Crippen molar-refractivity contribution in [3.05, 3.63) is 30.0 Å². The lowest BCUT2D eigenvalue weighted by molar-refractivity contribution is -0.120. The molecular formula is C16H21N3O3. The molecule has 1 heterocycles. The van der Waals surface area contributed by atoms with E-state index in [9.17, 15) is 9.59 Å². The molecule has 1 amide bonds. The first-order valence-electron chi connectivity index (χ1n) is 7.11. The molecule has 0 unspecified atom stereocenters. The number of nitrogens with one attached hydrogen (secondary N) is 1. The van der Waals surface area contributed by atoms with E-state index in [1.165, 1.54) is 0 Å². The molecule has 0 atom stereocenters. The zero-order valence-electron chi connectivity index (χ0n) is 13.3. The lowest BCUT2D eigenvalue weighted by Crippen LogP contribution is -2.45. The number of hydrogen-bond acceptors (Lipinski definition) is 4. The molecule has 22 heavy (non-hydrogen) atoms. The van der Waals surface area contributed by atoms with Gasteiger partial charge in [0.1, 0.15) is 5.69 Å². The summed E-state index contributed by atoms with van der Waals surface area (Å²) in [5.41, 5.74) is 6.80. The van der Waals surface area contributed by atoms with E-state index >= 15 is 0 Å². The molecule has 2 rings (SSSR count). The Labute approximate surface area is 129 Å². The molecule has 2 aromatic rings. The highest BCUT2D eigenvalue weighted by Gasteiger charge is 2.22. The van der Waals surface area contributed by atoms with Crippen molar-refractivity contribution >= 4 is 28.5 Å². The van der Waals surface area contributed by atoms with Crippen molar-refractivity contribution in [2.45, 2.75) is 26.3 Å². The van der Waals surface area contributed by atoms with Crippen LogP contribution in [0.3, 0.4) is 0 Å². The summed E-state index contributed by atoms with van der Waals surface area (Å²) in [6.45, 7) is 5.38. The van der Waals surface area contributed by atoms with E-state index in [4.69, 9.17) is 10.5 Å². The Kier molecular flexibility index (Phi) is 4.23. The Balaban J connectivity index is 2.35. The Morgan fingerprint density at radius 3 is 2.59 bits per heavy atom. The van der Waals surface area contributed by atoms with Gasteiger partial charge in [0.05, 0.1) is 12.1 Å². The van der Waals surface area contributed by atoms with Gasteiger partial charge in [-0.2, -0.15) is 0 Å². The molecule has 3 N–H and O–H groups in total. The minimum absolute atomic E-state index is 0.270. The number of aromatic nitrogens is 1. The summed E-state index contributed by atoms with van der Waals surface area (Å²) in [7, 11) is 1.80. The van der Waals surface area contributed by atoms with E-state index < -0.39 is 5.54 Å². The third-order valence-corrected chi connectivity index (χ3v) is 3.37. The molecule has 0 spiro atoms. The van der Waals surface area contributed by atoms with Crippen LogP contribution in [-0.2, 0) is 16.6 Å². The van der Waals surface area contributed by atoms with Crippen LogP contribution in [0, 0.1) is 0 Å². The predicted octanol–water partition coefficient (Wildman–Crippen LogP) is 2.03. The lowest BCUT2D eigenvalue weighted by atomic mass is 10.1. The molecular weight excluding hydrogens is 282 g/mol. The number of carbonyl (C=O) groups is 2. The fraction of sp³-hybridized carbons (Fsp3) is 0.375. The van der Waals surface area contributed by atoms with E-state index in [-0.39, 0.29) is 11.9 Å². The van der Waals surface area contributed by atoms with Gasteiger partial charge in [-0.1, -0.05) is 0 Å². The molecule has 0 saturated carbocycles. The van der Waals surface area contributed by atoms with Crippen LogP contribution in [0.5, 0.6) is 0 Å². The van der Waals surface area contributed by atoms with Crippen LogP contribution in [0.1, 0.15) is 31.3 Å². The zero-order chi connectivity index (χ0) is 16.5. The second-order valence-electron chi connectivity index (χ2n) is 5.76. The third-order valence-electron chi connectivity index (χ3n) is 3.37. The number of esters is 1. The Morgan fingerprint density at radius 2 is 2.00 bits per heavy atom. The van der Waals surface area contributed by atoms with Crippen LogP contribution < -0.4 is 11.1 Å². The maximum absolute atomic E-state index is 11.9. The predicted molar refractivity (Wildman–Crippen MR) is 85.8 cm³/mol. The number of aryl methyl sites for hydroxylation is 1. The van der Waals surface area contributed by atoms with Gasteiger partial charge in [0.2, 0.25) is 5.91 Å². The number of hydrogen-bond donors (Lipinski definition) is 2. The molecule has 0 bridgehead atoms. The molecule has 0 saturated heterocycles. The van der Waals surface area contributed by atoms with Gasteiger partial charge < -0.3 is 20.4 Å². The van der Waals surface area contributed by atoms with Crippen molar-refractivity contribution < 1.29 is 14.3 Å². The summed E-state index contributed by atoms with van der Waals surface area (Å²) in [5.74, 6) is -0.636. The number of rotatable bonds is 4. The number of fused-ring (bicyclic) bond motifs is 1. The summed E-state index contributed by atoms with van der Waals surface area (Å²) >= 11 is 0. The Hall–Kier alpha value is -2.34. The van der Waals surface area contributed by atoms with Crippen LogP contribution in [-0.4, -0.2) is 28.6 Å². The van der Waals surface area contributed by atoms with Gasteiger partial charge in [0.15, 0.2) is 0 Å². The normalized spacial score (nSPS) is 11.5. The SMILES string of the molecule is CCOC(=O)c1cc2cc(NC(=O)C(C)(C)N)ccc2n1C. The van der Waals surface area contributed by atoms with Gasteiger partial charge in [0, 0.05) is 23.6 Å². The molecule has 1 aromatic heterocycles. The minimum atomic E-state index is -0.957. The van der Waals surface area contributed by atoms with Crippen LogP contribution in [0.15, 0.2) is 24.3 Å². The van der Waals surface area contributed by atoms with Crippen LogP contribution >= 0.6 is 0 Å². The van der Waals surface area contributed by atoms with Gasteiger partial charge in [0.25, 0.3) is 0 Å². The fourth-order valence-corrected chi connectivity index (χ4v) is 2.12. The first-order chi connectivity index (χ1) is 10.2. The summed E-state index contributed by atoms with van der Waals surface area (Å²) in [5, 5.41) is 3.61. The smallest absolute Gasteiger partial charge is 0.354 e. The van der Waals surface area contributed by atoms with Crippen LogP contribution in [0.2, 0.25) is 0 Å². The van der Waals surface area contributed by atoms with Crippen molar-refractivity contribution in [2.75, 3.05) is 11.9 Å². The molecule has 0 aliphatic rings. The summed E-state index contributed by atoms with van der Waals surface area (Å²) in [4.78, 5) is 23.8. The van der Waals surface area contributed by atoms with E-state index in [1.54, 1.807) is 44.5 Å². The highest BCUT2D eigenvalue weighted by molar-refractivity contribution is 6.00. The molecule has 0 aliphatic heterocycles. The Bertz CT molecular complexity index is 726. The summed E-state index contributed by atoms with van der Waals surface area (Å²) in [6, 6.07) is 7.18. The lowest BCUT2D eigenvalue weighted by Gasteiger charge is -2.17. The molecule has 0 fully saturated rings. The molecule has 118 valence electrons. The number of amides is 1. The number of nitrogens with two attached hydrogens (primary N) is 1. The van der Waals surface area contributed by atoms with Crippen molar-refractivity contribution in [3.8, 4) is 0 Å². The molecule has 1 aromatic carbocycles. The molecule has 6 nitrogen and oxygen atoms in total. The number of nitrogens with zero attached hydrogens (tertiary/aromatic N) is 1. The molecule has 0 aliphatic carbocycles. The summed E-state index contributed by atoms with van der Waals surface area (Å²) < 4.78 is 6.80. The van der Waals surface area contributed by atoms with Crippen molar-refractivity contribution in [2.24, 2.45) is 12.8 Å². The molecule has 0 radical (unpaired) electrons. The second-order valence-corrected chi connectivity index (χ2v) is 5.76. The number of ether oxygens (including phenoxy) is 1. The second kappa shape index (κ2) is 5.81. The topological polar surface area (TPSA) is 86.3 Å². The van der Waals surface area contributed by atoms with Crippen LogP contribution in [0.4, 0.5) is 5.69 Å². The average Bonchev–Trinajstić information content (AvgIpc) is 2.75. The average molecular weight is 303 g/mol. The highest BCUT2D eigenvalue weighted by Crippen LogP contribution is 2.23. The van der Waals surface area contributed by atoms with Gasteiger partial charge >= 0.3 is 5.97 Å². The fourth-order valence-electron chi connectivity index (χ4n) is 2.12. The van der Waals surface area contributed by atoms with E-state index in [0.717, 1.165) is 10.9 Å². The van der Waals surface area contributed by atoms with Crippen LogP contribution in [0.25, 0.3) is 10.9 Å². The van der Waals surface area contributed by atoms with Gasteiger partial charge in [-0.3, -0.25) is 4.79 Å². The number of benzene rings is 1. The van der Waals surface area contributed by atoms with Crippen molar-refractivity contribution in [3.63, 3.8) is 0 Å². The van der Waals surface area contributed by atoms with E-state index in [0.29, 0.717) is 18.0 Å². The first kappa shape index (κ1) is 16.0. The molecule has 6 heteroatoms.